The third kappa shape index (κ3) is 3.68. The number of piperidine rings is 1. The Morgan fingerprint density at radius 2 is 2.12 bits per heavy atom. The Kier molecular flexibility index (Phi) is 4.97. The monoisotopic (exact) mass is 346 g/mol. The number of nitrogens with zero attached hydrogens (tertiary/aromatic N) is 2. The molecule has 0 bridgehead atoms. The molecule has 1 spiro atoms. The number of urea groups is 1. The molecule has 2 aliphatic heterocycles. The molecule has 3 aliphatic rings. The average Bonchev–Trinajstić information content (AvgIpc) is 3.17. The molecule has 3 fully saturated rings. The molecule has 1 saturated carbocycles. The predicted molar refractivity (Wildman–Crippen MR) is 95.2 cm³/mol. The van der Waals surface area contributed by atoms with Crippen LogP contribution in [0.3, 0.4) is 0 Å². The van der Waals surface area contributed by atoms with Gasteiger partial charge >= 0.3 is 6.03 Å². The molecule has 0 aromatic carbocycles. The second-order valence-corrected chi connectivity index (χ2v) is 7.97. The van der Waals surface area contributed by atoms with Crippen molar-refractivity contribution in [1.29, 1.82) is 0 Å². The average molecular weight is 346 g/mol. The van der Waals surface area contributed by atoms with Gasteiger partial charge in [0.25, 0.3) is 0 Å². The normalized spacial score (nSPS) is 29.5. The largest absolute Gasteiger partial charge is 0.375 e. The lowest BCUT2D eigenvalue weighted by Gasteiger charge is -2.44. The van der Waals surface area contributed by atoms with Crippen LogP contribution in [0.2, 0.25) is 0 Å². The first-order valence-electron chi connectivity index (χ1n) is 9.96. The van der Waals surface area contributed by atoms with Crippen molar-refractivity contribution in [3.8, 4) is 0 Å². The molecule has 138 valence electrons. The summed E-state index contributed by atoms with van der Waals surface area (Å²) in [5.74, 6) is 0. The molecule has 2 saturated heterocycles. The quantitative estimate of drug-likeness (QED) is 0.860. The number of amides is 2. The molecule has 6 nitrogen and oxygen atoms in total. The Labute approximate surface area is 149 Å². The molecule has 4 rings (SSSR count). The van der Waals surface area contributed by atoms with Gasteiger partial charge in [0.05, 0.1) is 17.8 Å². The number of H-pyrrole nitrogens is 1. The highest BCUT2D eigenvalue weighted by molar-refractivity contribution is 5.75. The minimum Gasteiger partial charge on any atom is -0.375 e. The lowest BCUT2D eigenvalue weighted by atomic mass is 9.78. The van der Waals surface area contributed by atoms with E-state index in [0.717, 1.165) is 57.2 Å². The van der Waals surface area contributed by atoms with E-state index in [1.165, 1.54) is 25.7 Å². The first-order chi connectivity index (χ1) is 12.3. The topological polar surface area (TPSA) is 70.2 Å². The molecule has 6 heteroatoms. The Balaban J connectivity index is 1.40. The number of aromatic amines is 1. The highest BCUT2D eigenvalue weighted by Crippen LogP contribution is 2.39. The molecule has 2 N–H and O–H groups in total. The van der Waals surface area contributed by atoms with E-state index in [9.17, 15) is 4.79 Å². The van der Waals surface area contributed by atoms with Gasteiger partial charge in [-0.1, -0.05) is 19.3 Å². The van der Waals surface area contributed by atoms with Gasteiger partial charge in [-0.25, -0.2) is 4.79 Å². The van der Waals surface area contributed by atoms with Crippen molar-refractivity contribution in [2.24, 2.45) is 0 Å². The molecule has 25 heavy (non-hydrogen) atoms. The van der Waals surface area contributed by atoms with Crippen molar-refractivity contribution in [3.63, 3.8) is 0 Å². The van der Waals surface area contributed by atoms with E-state index in [-0.39, 0.29) is 23.7 Å². The molecule has 0 unspecified atom stereocenters. The number of carbonyl (C=O) groups is 1. The highest BCUT2D eigenvalue weighted by Gasteiger charge is 2.39. The summed E-state index contributed by atoms with van der Waals surface area (Å²) in [7, 11) is 0. The van der Waals surface area contributed by atoms with Crippen molar-refractivity contribution in [1.82, 2.24) is 20.4 Å². The van der Waals surface area contributed by atoms with Crippen LogP contribution in [0.4, 0.5) is 4.79 Å². The Morgan fingerprint density at radius 1 is 1.24 bits per heavy atom. The van der Waals surface area contributed by atoms with E-state index in [1.807, 2.05) is 17.3 Å². The minimum absolute atomic E-state index is 0.0281. The van der Waals surface area contributed by atoms with Crippen LogP contribution in [0.25, 0.3) is 0 Å². The predicted octanol–water partition coefficient (Wildman–Crippen LogP) is 3.53. The zero-order valence-electron chi connectivity index (χ0n) is 15.0. The Bertz CT molecular complexity index is 562. The third-order valence-electron chi connectivity index (χ3n) is 6.25. The fraction of sp³-hybridized carbons (Fsp3) is 0.789. The smallest absolute Gasteiger partial charge is 0.318 e. The van der Waals surface area contributed by atoms with Gasteiger partial charge in [0.15, 0.2) is 0 Å². The molecular formula is C19H30N4O2. The van der Waals surface area contributed by atoms with Gasteiger partial charge in [0.2, 0.25) is 0 Å². The molecule has 3 heterocycles. The summed E-state index contributed by atoms with van der Waals surface area (Å²) in [5, 5.41) is 10.3. The molecule has 1 aromatic rings. The van der Waals surface area contributed by atoms with Gasteiger partial charge in [0.1, 0.15) is 0 Å². The zero-order chi connectivity index (χ0) is 17.1. The fourth-order valence-corrected chi connectivity index (χ4v) is 4.92. The third-order valence-corrected chi connectivity index (χ3v) is 6.25. The number of likely N-dealkylation sites (tertiary alicyclic amines) is 1. The van der Waals surface area contributed by atoms with Crippen LogP contribution >= 0.6 is 0 Å². The second kappa shape index (κ2) is 7.36. The van der Waals surface area contributed by atoms with Crippen LogP contribution in [0.5, 0.6) is 0 Å². The summed E-state index contributed by atoms with van der Waals surface area (Å²) in [6, 6.07) is 0.478. The van der Waals surface area contributed by atoms with E-state index in [4.69, 9.17) is 4.74 Å². The van der Waals surface area contributed by atoms with Crippen molar-refractivity contribution in [2.75, 3.05) is 13.2 Å². The molecular weight excluding hydrogens is 316 g/mol. The summed E-state index contributed by atoms with van der Waals surface area (Å²) in [6.45, 7) is 1.60. The van der Waals surface area contributed by atoms with Crippen LogP contribution in [0, 0.1) is 0 Å². The van der Waals surface area contributed by atoms with Crippen molar-refractivity contribution in [2.45, 2.75) is 81.9 Å². The van der Waals surface area contributed by atoms with E-state index in [1.54, 1.807) is 0 Å². The van der Waals surface area contributed by atoms with E-state index >= 15 is 0 Å². The first-order valence-corrected chi connectivity index (χ1v) is 9.96. The van der Waals surface area contributed by atoms with Crippen LogP contribution in [-0.4, -0.2) is 45.9 Å². The lowest BCUT2D eigenvalue weighted by Crippen LogP contribution is -2.53. The number of aromatic nitrogens is 2. The van der Waals surface area contributed by atoms with Gasteiger partial charge in [-0.15, -0.1) is 0 Å². The van der Waals surface area contributed by atoms with Crippen LogP contribution in [0.15, 0.2) is 12.4 Å². The van der Waals surface area contributed by atoms with Crippen molar-refractivity contribution in [3.05, 3.63) is 18.0 Å². The Hall–Kier alpha value is -1.56. The minimum atomic E-state index is 0.0281. The maximum absolute atomic E-state index is 13.0. The summed E-state index contributed by atoms with van der Waals surface area (Å²) in [6.07, 6.45) is 15.1. The highest BCUT2D eigenvalue weighted by atomic mass is 16.5. The summed E-state index contributed by atoms with van der Waals surface area (Å²) >= 11 is 0. The number of hydrogen-bond donors (Lipinski definition) is 2. The number of hydrogen-bond acceptors (Lipinski definition) is 3. The maximum Gasteiger partial charge on any atom is 0.318 e. The fourth-order valence-electron chi connectivity index (χ4n) is 4.92. The van der Waals surface area contributed by atoms with E-state index in [2.05, 4.69) is 15.5 Å². The van der Waals surface area contributed by atoms with E-state index in [0.29, 0.717) is 0 Å². The van der Waals surface area contributed by atoms with Crippen molar-refractivity contribution >= 4 is 6.03 Å². The number of carbonyl (C=O) groups excluding carboxylic acids is 1. The maximum atomic E-state index is 13.0. The van der Waals surface area contributed by atoms with Gasteiger partial charge in [-0.2, -0.15) is 5.10 Å². The lowest BCUT2D eigenvalue weighted by molar-refractivity contribution is -0.108. The summed E-state index contributed by atoms with van der Waals surface area (Å²) in [4.78, 5) is 15.0. The van der Waals surface area contributed by atoms with Gasteiger partial charge in [-0.3, -0.25) is 5.10 Å². The summed E-state index contributed by atoms with van der Waals surface area (Å²) in [5.41, 5.74) is 1.14. The molecule has 0 radical (unpaired) electrons. The zero-order valence-corrected chi connectivity index (χ0v) is 15.0. The summed E-state index contributed by atoms with van der Waals surface area (Å²) < 4.78 is 6.17. The Morgan fingerprint density at radius 3 is 2.92 bits per heavy atom. The number of rotatable bonds is 2. The molecule has 2 atom stereocenters. The molecule has 1 aromatic heterocycles. The second-order valence-electron chi connectivity index (χ2n) is 7.97. The molecule has 1 aliphatic carbocycles. The van der Waals surface area contributed by atoms with E-state index < -0.39 is 0 Å². The van der Waals surface area contributed by atoms with Gasteiger partial charge in [-0.05, 0) is 44.9 Å². The van der Waals surface area contributed by atoms with Crippen LogP contribution in [-0.2, 0) is 4.74 Å². The first kappa shape index (κ1) is 16.9. The van der Waals surface area contributed by atoms with Crippen molar-refractivity contribution < 1.29 is 9.53 Å². The SMILES string of the molecule is O=C(N[C@H]1CCOC2(CCCCC2)C1)N1CCCC[C@@H]1c1cn[nH]c1. The number of ether oxygens (including phenoxy) is 1. The van der Waals surface area contributed by atoms with Crippen LogP contribution < -0.4 is 5.32 Å². The number of nitrogens with one attached hydrogen (secondary N) is 2. The standard InChI is InChI=1S/C19H30N4O2/c24-18(23-10-5-2-6-17(23)15-13-20-21-14-15)22-16-7-11-25-19(12-16)8-3-1-4-9-19/h13-14,16-17H,1-12H2,(H,20,21)(H,22,24)/t16-,17+/m0/s1. The molecule has 2 amide bonds. The van der Waals surface area contributed by atoms with Gasteiger partial charge < -0.3 is 15.0 Å². The van der Waals surface area contributed by atoms with Gasteiger partial charge in [0, 0.05) is 31.0 Å². The van der Waals surface area contributed by atoms with Crippen LogP contribution in [0.1, 0.15) is 75.8 Å².